The van der Waals surface area contributed by atoms with Crippen molar-refractivity contribution in [3.63, 3.8) is 0 Å². The molecule has 1 N–H and O–H groups in total. The van der Waals surface area contributed by atoms with Crippen molar-refractivity contribution in [3.8, 4) is 5.75 Å². The van der Waals surface area contributed by atoms with Crippen LogP contribution in [0.3, 0.4) is 0 Å². The molecule has 1 atom stereocenters. The fourth-order valence-electron chi connectivity index (χ4n) is 5.12. The number of hydrogen-bond donors (Lipinski definition) is 1. The predicted molar refractivity (Wildman–Crippen MR) is 170 cm³/mol. The van der Waals surface area contributed by atoms with Crippen molar-refractivity contribution in [1.82, 2.24) is 10.2 Å². The fourth-order valence-corrected chi connectivity index (χ4v) is 6.87. The molecule has 0 spiro atoms. The van der Waals surface area contributed by atoms with E-state index in [9.17, 15) is 18.0 Å². The Morgan fingerprint density at radius 1 is 0.953 bits per heavy atom. The summed E-state index contributed by atoms with van der Waals surface area (Å²) < 4.78 is 34.5. The summed E-state index contributed by atoms with van der Waals surface area (Å²) in [5, 5.41) is 3.97. The monoisotopic (exact) mass is 645 g/mol. The molecule has 0 radical (unpaired) electrons. The van der Waals surface area contributed by atoms with Crippen molar-refractivity contribution in [3.05, 3.63) is 88.4 Å². The van der Waals surface area contributed by atoms with Gasteiger partial charge in [-0.05, 0) is 92.9 Å². The minimum Gasteiger partial charge on any atom is -0.494 e. The summed E-state index contributed by atoms with van der Waals surface area (Å²) >= 11 is 12.3. The Labute approximate surface area is 264 Å². The second-order valence-electron chi connectivity index (χ2n) is 10.6. The van der Waals surface area contributed by atoms with Crippen molar-refractivity contribution in [2.45, 2.75) is 69.5 Å². The van der Waals surface area contributed by atoms with Crippen LogP contribution in [0, 0.1) is 0 Å². The van der Waals surface area contributed by atoms with Crippen LogP contribution in [-0.4, -0.2) is 50.4 Å². The average molecular weight is 647 g/mol. The highest BCUT2D eigenvalue weighted by molar-refractivity contribution is 7.92. The zero-order valence-corrected chi connectivity index (χ0v) is 26.7. The summed E-state index contributed by atoms with van der Waals surface area (Å²) in [5.41, 5.74) is 0.986. The van der Waals surface area contributed by atoms with E-state index >= 15 is 0 Å². The van der Waals surface area contributed by atoms with Gasteiger partial charge in [-0.15, -0.1) is 0 Å². The van der Waals surface area contributed by atoms with Crippen LogP contribution < -0.4 is 14.4 Å². The number of carbonyl (C=O) groups excluding carboxylic acids is 2. The van der Waals surface area contributed by atoms with Crippen LogP contribution in [-0.2, 0) is 26.2 Å². The van der Waals surface area contributed by atoms with E-state index in [1.165, 1.54) is 29.2 Å². The molecule has 1 fully saturated rings. The number of hydrogen-bond acceptors (Lipinski definition) is 5. The molecule has 0 unspecified atom stereocenters. The summed E-state index contributed by atoms with van der Waals surface area (Å²) in [6.45, 7) is 3.49. The van der Waals surface area contributed by atoms with Crippen LogP contribution >= 0.6 is 23.2 Å². The van der Waals surface area contributed by atoms with Crippen LogP contribution in [0.5, 0.6) is 5.75 Å². The Bertz CT molecular complexity index is 1490. The summed E-state index contributed by atoms with van der Waals surface area (Å²) in [6.07, 6.45) is 5.02. The van der Waals surface area contributed by atoms with Gasteiger partial charge in [-0.1, -0.05) is 54.6 Å². The maximum Gasteiger partial charge on any atom is 0.264 e. The number of ether oxygens (including phenoxy) is 1. The summed E-state index contributed by atoms with van der Waals surface area (Å²) in [7, 11) is -4.21. The molecule has 3 aromatic rings. The van der Waals surface area contributed by atoms with E-state index in [0.29, 0.717) is 28.0 Å². The first kappa shape index (κ1) is 32.6. The maximum absolute atomic E-state index is 14.1. The molecular weight excluding hydrogens is 609 g/mol. The van der Waals surface area contributed by atoms with Crippen molar-refractivity contribution in [1.29, 1.82) is 0 Å². The smallest absolute Gasteiger partial charge is 0.264 e. The highest BCUT2D eigenvalue weighted by atomic mass is 35.5. The Morgan fingerprint density at radius 2 is 1.63 bits per heavy atom. The number of benzene rings is 3. The van der Waals surface area contributed by atoms with Gasteiger partial charge in [-0.25, -0.2) is 8.42 Å². The topological polar surface area (TPSA) is 96.0 Å². The molecule has 8 nitrogen and oxygen atoms in total. The van der Waals surface area contributed by atoms with Gasteiger partial charge in [-0.3, -0.25) is 13.9 Å². The first-order valence-electron chi connectivity index (χ1n) is 14.4. The van der Waals surface area contributed by atoms with E-state index < -0.39 is 28.5 Å². The Morgan fingerprint density at radius 3 is 2.26 bits per heavy atom. The molecule has 1 aliphatic carbocycles. The number of sulfonamides is 1. The van der Waals surface area contributed by atoms with Gasteiger partial charge in [0.05, 0.1) is 17.2 Å². The Kier molecular flexibility index (Phi) is 11.3. The molecule has 11 heteroatoms. The second kappa shape index (κ2) is 14.9. The minimum absolute atomic E-state index is 0.0249. The zero-order chi connectivity index (χ0) is 31.0. The molecule has 0 heterocycles. The van der Waals surface area contributed by atoms with Gasteiger partial charge >= 0.3 is 0 Å². The van der Waals surface area contributed by atoms with Gasteiger partial charge in [-0.2, -0.15) is 0 Å². The molecule has 230 valence electrons. The van der Waals surface area contributed by atoms with E-state index in [2.05, 4.69) is 5.32 Å². The van der Waals surface area contributed by atoms with Gasteiger partial charge in [0.15, 0.2) is 0 Å². The molecule has 0 aliphatic heterocycles. The molecule has 43 heavy (non-hydrogen) atoms. The van der Waals surface area contributed by atoms with E-state index in [0.717, 1.165) is 36.4 Å². The molecule has 0 saturated heterocycles. The lowest BCUT2D eigenvalue weighted by Crippen LogP contribution is -2.53. The lowest BCUT2D eigenvalue weighted by atomic mass is 9.95. The van der Waals surface area contributed by atoms with Gasteiger partial charge in [0.25, 0.3) is 10.0 Å². The third-order valence-corrected chi connectivity index (χ3v) is 9.75. The SMILES string of the molecule is CCOc1ccc(N(CC(=O)N(Cc2cccc(Cl)c2)[C@@H](C)C(=O)NC2CCCCC2)S(=O)(=O)c2ccc(Cl)cc2)cc1. The lowest BCUT2D eigenvalue weighted by molar-refractivity contribution is -0.139. The third kappa shape index (κ3) is 8.65. The molecule has 1 saturated carbocycles. The van der Waals surface area contributed by atoms with Crippen LogP contribution in [0.25, 0.3) is 0 Å². The number of rotatable bonds is 12. The minimum atomic E-state index is -4.21. The standard InChI is InChI=1S/C32H37Cl2N3O5S/c1-3-42-29-16-14-28(15-17-29)37(43(40,41)30-18-12-25(33)13-19-30)22-31(38)36(21-24-8-7-9-26(34)20-24)23(2)32(39)35-27-10-5-4-6-11-27/h7-9,12-20,23,27H,3-6,10-11,21-22H2,1-2H3,(H,35,39)/t23-/m0/s1. The number of amides is 2. The van der Waals surface area contributed by atoms with Crippen molar-refractivity contribution in [2.75, 3.05) is 17.5 Å². The van der Waals surface area contributed by atoms with Gasteiger partial charge in [0.1, 0.15) is 18.3 Å². The summed E-state index contributed by atoms with van der Waals surface area (Å²) in [4.78, 5) is 28.9. The third-order valence-electron chi connectivity index (χ3n) is 7.48. The highest BCUT2D eigenvalue weighted by Gasteiger charge is 2.33. The second-order valence-corrected chi connectivity index (χ2v) is 13.3. The summed E-state index contributed by atoms with van der Waals surface area (Å²) in [6, 6.07) is 18.5. The van der Waals surface area contributed by atoms with Crippen molar-refractivity contribution < 1.29 is 22.7 Å². The normalized spacial score (nSPS) is 14.5. The quantitative estimate of drug-likeness (QED) is 0.244. The van der Waals surface area contributed by atoms with Crippen LogP contribution in [0.2, 0.25) is 10.0 Å². The van der Waals surface area contributed by atoms with Gasteiger partial charge in [0.2, 0.25) is 11.8 Å². The first-order chi connectivity index (χ1) is 20.6. The van der Waals surface area contributed by atoms with Crippen LogP contribution in [0.4, 0.5) is 5.69 Å². The number of nitrogens with one attached hydrogen (secondary N) is 1. The zero-order valence-electron chi connectivity index (χ0n) is 24.3. The van der Waals surface area contributed by atoms with Crippen LogP contribution in [0.1, 0.15) is 51.5 Å². The lowest BCUT2D eigenvalue weighted by Gasteiger charge is -2.33. The maximum atomic E-state index is 14.1. The molecule has 2 amide bonds. The Hall–Kier alpha value is -3.27. The highest BCUT2D eigenvalue weighted by Crippen LogP contribution is 2.28. The molecule has 3 aromatic carbocycles. The van der Waals surface area contributed by atoms with Gasteiger partial charge in [0, 0.05) is 22.6 Å². The molecular formula is C32H37Cl2N3O5S. The van der Waals surface area contributed by atoms with E-state index in [-0.39, 0.29) is 29.1 Å². The molecule has 4 rings (SSSR count). The average Bonchev–Trinajstić information content (AvgIpc) is 2.99. The van der Waals surface area contributed by atoms with Crippen LogP contribution in [0.15, 0.2) is 77.7 Å². The summed E-state index contributed by atoms with van der Waals surface area (Å²) in [5.74, 6) is -0.259. The van der Waals surface area contributed by atoms with Crippen molar-refractivity contribution >= 4 is 50.7 Å². The number of anilines is 1. The number of nitrogens with zero attached hydrogens (tertiary/aromatic N) is 2. The van der Waals surface area contributed by atoms with Gasteiger partial charge < -0.3 is 15.0 Å². The van der Waals surface area contributed by atoms with E-state index in [1.807, 2.05) is 13.0 Å². The number of halogens is 2. The predicted octanol–water partition coefficient (Wildman–Crippen LogP) is 6.45. The Balaban J connectivity index is 1.68. The fraction of sp³-hybridized carbons (Fsp3) is 0.375. The largest absolute Gasteiger partial charge is 0.494 e. The molecule has 1 aliphatic rings. The van der Waals surface area contributed by atoms with E-state index in [4.69, 9.17) is 27.9 Å². The number of carbonyl (C=O) groups is 2. The van der Waals surface area contributed by atoms with Crippen molar-refractivity contribution in [2.24, 2.45) is 0 Å². The first-order valence-corrected chi connectivity index (χ1v) is 16.6. The molecule has 0 bridgehead atoms. The van der Waals surface area contributed by atoms with E-state index in [1.54, 1.807) is 49.4 Å². The molecule has 0 aromatic heterocycles.